The van der Waals surface area contributed by atoms with Crippen LogP contribution in [0.5, 0.6) is 5.75 Å². The molecule has 1 aliphatic heterocycles. The van der Waals surface area contributed by atoms with Crippen molar-refractivity contribution in [1.29, 1.82) is 0 Å². The molecule has 16 heavy (non-hydrogen) atoms. The van der Waals surface area contributed by atoms with E-state index < -0.39 is 0 Å². The Morgan fingerprint density at radius 3 is 2.75 bits per heavy atom. The lowest BCUT2D eigenvalue weighted by Crippen LogP contribution is -2.49. The Kier molecular flexibility index (Phi) is 3.12. The lowest BCUT2D eigenvalue weighted by atomic mass is 9.88. The van der Waals surface area contributed by atoms with Crippen LogP contribution in [-0.4, -0.2) is 31.5 Å². The van der Waals surface area contributed by atoms with E-state index in [1.165, 1.54) is 6.07 Å². The number of rotatable bonds is 4. The molecule has 1 aliphatic rings. The standard InChI is InChI=1S/C12H15FO3/c1-9-4-10(2-3-11(9)13)16-8-12(5-14)6-15-7-12/h2-4,14H,5-8H2,1H3. The summed E-state index contributed by atoms with van der Waals surface area (Å²) in [7, 11) is 0. The lowest BCUT2D eigenvalue weighted by Gasteiger charge is -2.39. The van der Waals surface area contributed by atoms with Crippen molar-refractivity contribution in [2.24, 2.45) is 5.41 Å². The van der Waals surface area contributed by atoms with E-state index in [1.54, 1.807) is 19.1 Å². The maximum atomic E-state index is 13.0. The van der Waals surface area contributed by atoms with Gasteiger partial charge in [-0.05, 0) is 30.7 Å². The maximum absolute atomic E-state index is 13.0. The van der Waals surface area contributed by atoms with Crippen molar-refractivity contribution in [3.63, 3.8) is 0 Å². The Labute approximate surface area is 93.8 Å². The van der Waals surface area contributed by atoms with Crippen molar-refractivity contribution in [2.75, 3.05) is 26.4 Å². The minimum atomic E-state index is -0.276. The van der Waals surface area contributed by atoms with Gasteiger partial charge in [-0.3, -0.25) is 0 Å². The third kappa shape index (κ3) is 2.18. The lowest BCUT2D eigenvalue weighted by molar-refractivity contribution is -0.153. The van der Waals surface area contributed by atoms with E-state index in [0.717, 1.165) is 0 Å². The number of halogens is 1. The summed E-state index contributed by atoms with van der Waals surface area (Å²) >= 11 is 0. The summed E-state index contributed by atoms with van der Waals surface area (Å²) in [4.78, 5) is 0. The van der Waals surface area contributed by atoms with Crippen molar-refractivity contribution >= 4 is 0 Å². The Bertz CT molecular complexity index is 369. The molecule has 0 spiro atoms. The summed E-state index contributed by atoms with van der Waals surface area (Å²) in [5.41, 5.74) is 0.280. The van der Waals surface area contributed by atoms with E-state index in [4.69, 9.17) is 9.47 Å². The molecule has 0 bridgehead atoms. The molecule has 0 saturated carbocycles. The second-order valence-electron chi connectivity index (χ2n) is 4.35. The minimum Gasteiger partial charge on any atom is -0.493 e. The molecule has 1 saturated heterocycles. The average molecular weight is 226 g/mol. The molecule has 2 rings (SSSR count). The number of hydrogen-bond donors (Lipinski definition) is 1. The zero-order valence-corrected chi connectivity index (χ0v) is 9.20. The zero-order chi connectivity index (χ0) is 11.6. The number of benzene rings is 1. The molecule has 0 amide bonds. The van der Waals surface area contributed by atoms with Gasteiger partial charge in [0.05, 0.1) is 25.2 Å². The van der Waals surface area contributed by atoms with Crippen LogP contribution in [0.3, 0.4) is 0 Å². The largest absolute Gasteiger partial charge is 0.493 e. The van der Waals surface area contributed by atoms with Crippen molar-refractivity contribution in [3.8, 4) is 5.75 Å². The van der Waals surface area contributed by atoms with Crippen LogP contribution in [0.25, 0.3) is 0 Å². The molecule has 1 aromatic rings. The fourth-order valence-electron chi connectivity index (χ4n) is 1.55. The normalized spacial score (nSPS) is 17.9. The Morgan fingerprint density at radius 1 is 1.50 bits per heavy atom. The number of aliphatic hydroxyl groups is 1. The van der Waals surface area contributed by atoms with Gasteiger partial charge in [0, 0.05) is 0 Å². The van der Waals surface area contributed by atoms with E-state index in [9.17, 15) is 9.50 Å². The fourth-order valence-corrected chi connectivity index (χ4v) is 1.55. The number of hydrogen-bond acceptors (Lipinski definition) is 3. The van der Waals surface area contributed by atoms with Gasteiger partial charge in [0.15, 0.2) is 0 Å². The minimum absolute atomic E-state index is 0.0488. The van der Waals surface area contributed by atoms with Gasteiger partial charge < -0.3 is 14.6 Å². The van der Waals surface area contributed by atoms with Crippen LogP contribution in [-0.2, 0) is 4.74 Å². The van der Waals surface area contributed by atoms with Gasteiger partial charge in [-0.15, -0.1) is 0 Å². The summed E-state index contributed by atoms with van der Waals surface area (Å²) in [6.07, 6.45) is 0. The molecular weight excluding hydrogens is 211 g/mol. The van der Waals surface area contributed by atoms with Crippen LogP contribution in [0.1, 0.15) is 5.56 Å². The van der Waals surface area contributed by atoms with Crippen molar-refractivity contribution in [1.82, 2.24) is 0 Å². The first-order chi connectivity index (χ1) is 7.65. The van der Waals surface area contributed by atoms with E-state index in [0.29, 0.717) is 31.1 Å². The van der Waals surface area contributed by atoms with Crippen LogP contribution in [0, 0.1) is 18.2 Å². The summed E-state index contributed by atoms with van der Waals surface area (Å²) in [6.45, 7) is 3.17. The molecule has 0 unspecified atom stereocenters. The van der Waals surface area contributed by atoms with Gasteiger partial charge in [-0.25, -0.2) is 4.39 Å². The summed E-state index contributed by atoms with van der Waals surface area (Å²) < 4.78 is 23.6. The summed E-state index contributed by atoms with van der Waals surface area (Å²) in [5.74, 6) is 0.384. The van der Waals surface area contributed by atoms with Gasteiger partial charge in [-0.1, -0.05) is 0 Å². The summed E-state index contributed by atoms with van der Waals surface area (Å²) in [6, 6.07) is 4.63. The number of aryl methyl sites for hydroxylation is 1. The Morgan fingerprint density at radius 2 is 2.25 bits per heavy atom. The van der Waals surface area contributed by atoms with Gasteiger partial charge in [0.2, 0.25) is 0 Å². The van der Waals surface area contributed by atoms with Crippen LogP contribution in [0.15, 0.2) is 18.2 Å². The number of aliphatic hydroxyl groups excluding tert-OH is 1. The quantitative estimate of drug-likeness (QED) is 0.846. The molecule has 0 aliphatic carbocycles. The Balaban J connectivity index is 1.96. The maximum Gasteiger partial charge on any atom is 0.126 e. The third-order valence-electron chi connectivity index (χ3n) is 2.83. The van der Waals surface area contributed by atoms with Crippen molar-refractivity contribution in [3.05, 3.63) is 29.6 Å². The van der Waals surface area contributed by atoms with Crippen LogP contribution in [0.2, 0.25) is 0 Å². The number of ether oxygens (including phenoxy) is 2. The first-order valence-electron chi connectivity index (χ1n) is 5.23. The monoisotopic (exact) mass is 226 g/mol. The van der Waals surface area contributed by atoms with Crippen LogP contribution in [0.4, 0.5) is 4.39 Å². The van der Waals surface area contributed by atoms with Crippen molar-refractivity contribution in [2.45, 2.75) is 6.92 Å². The SMILES string of the molecule is Cc1cc(OCC2(CO)COC2)ccc1F. The van der Waals surface area contributed by atoms with E-state index in [-0.39, 0.29) is 17.8 Å². The van der Waals surface area contributed by atoms with E-state index >= 15 is 0 Å². The molecular formula is C12H15FO3. The highest BCUT2D eigenvalue weighted by Gasteiger charge is 2.39. The van der Waals surface area contributed by atoms with E-state index in [1.807, 2.05) is 0 Å². The molecule has 0 radical (unpaired) electrons. The topological polar surface area (TPSA) is 38.7 Å². The molecule has 0 atom stereocenters. The predicted octanol–water partition coefficient (Wildman–Crippen LogP) is 1.52. The molecule has 4 heteroatoms. The average Bonchev–Trinajstić information content (AvgIpc) is 2.22. The second kappa shape index (κ2) is 4.39. The molecule has 1 fully saturated rings. The highest BCUT2D eigenvalue weighted by Crippen LogP contribution is 2.28. The predicted molar refractivity (Wildman–Crippen MR) is 57.0 cm³/mol. The van der Waals surface area contributed by atoms with Crippen LogP contribution < -0.4 is 4.74 Å². The molecule has 3 nitrogen and oxygen atoms in total. The van der Waals surface area contributed by atoms with Gasteiger partial charge in [0.1, 0.15) is 18.2 Å². The molecule has 1 heterocycles. The fraction of sp³-hybridized carbons (Fsp3) is 0.500. The van der Waals surface area contributed by atoms with Crippen LogP contribution >= 0.6 is 0 Å². The molecule has 1 N–H and O–H groups in total. The van der Waals surface area contributed by atoms with E-state index in [2.05, 4.69) is 0 Å². The third-order valence-corrected chi connectivity index (χ3v) is 2.83. The molecule has 88 valence electrons. The summed E-state index contributed by atoms with van der Waals surface area (Å²) in [5, 5.41) is 9.19. The first-order valence-corrected chi connectivity index (χ1v) is 5.23. The van der Waals surface area contributed by atoms with Gasteiger partial charge in [0.25, 0.3) is 0 Å². The zero-order valence-electron chi connectivity index (χ0n) is 9.20. The highest BCUT2D eigenvalue weighted by molar-refractivity contribution is 5.28. The first kappa shape index (κ1) is 11.4. The smallest absolute Gasteiger partial charge is 0.126 e. The molecule has 0 aromatic heterocycles. The molecule has 1 aromatic carbocycles. The highest BCUT2D eigenvalue weighted by atomic mass is 19.1. The van der Waals surface area contributed by atoms with Gasteiger partial charge >= 0.3 is 0 Å². The second-order valence-corrected chi connectivity index (χ2v) is 4.35. The Hall–Kier alpha value is -1.13. The van der Waals surface area contributed by atoms with Crippen molar-refractivity contribution < 1.29 is 19.0 Å². The van der Waals surface area contributed by atoms with Gasteiger partial charge in [-0.2, -0.15) is 0 Å².